The van der Waals surface area contributed by atoms with Crippen LogP contribution < -0.4 is 11.1 Å². The largest absolute Gasteiger partial charge is 0.383 e. The molecule has 0 aliphatic rings. The van der Waals surface area contributed by atoms with E-state index in [9.17, 15) is 9.18 Å². The fourth-order valence-electron chi connectivity index (χ4n) is 1.87. The molecule has 0 spiro atoms. The van der Waals surface area contributed by atoms with Gasteiger partial charge in [0.05, 0.1) is 18.1 Å². The van der Waals surface area contributed by atoms with Crippen molar-refractivity contribution in [3.05, 3.63) is 48.3 Å². The Balaban J connectivity index is 1.94. The highest BCUT2D eigenvalue weighted by molar-refractivity contribution is 5.94. The van der Waals surface area contributed by atoms with Gasteiger partial charge in [0.1, 0.15) is 5.82 Å². The van der Waals surface area contributed by atoms with Crippen LogP contribution in [-0.4, -0.2) is 27.4 Å². The van der Waals surface area contributed by atoms with Gasteiger partial charge in [-0.3, -0.25) is 4.79 Å². The molecule has 2 aromatic rings. The van der Waals surface area contributed by atoms with Gasteiger partial charge in [0.15, 0.2) is 5.84 Å². The van der Waals surface area contributed by atoms with Crippen LogP contribution in [0.4, 0.5) is 10.1 Å². The summed E-state index contributed by atoms with van der Waals surface area (Å²) in [6.45, 7) is 5.08. The first kappa shape index (κ1) is 17.5. The number of benzene rings is 1. The van der Waals surface area contributed by atoms with Crippen LogP contribution in [0.1, 0.15) is 25.5 Å². The zero-order chi connectivity index (χ0) is 17.7. The molecule has 0 bridgehead atoms. The number of nitrogens with one attached hydrogen (secondary N) is 1. The number of halogens is 1. The molecule has 0 saturated carbocycles. The summed E-state index contributed by atoms with van der Waals surface area (Å²) >= 11 is 0. The number of imidazole rings is 1. The lowest BCUT2D eigenvalue weighted by atomic mass is 10.2. The van der Waals surface area contributed by atoms with E-state index in [1.165, 1.54) is 19.1 Å². The molecule has 1 heterocycles. The predicted octanol–water partition coefficient (Wildman–Crippen LogP) is 2.21. The topological polar surface area (TPSA) is 94.5 Å². The number of nitrogens with two attached hydrogens (primary N) is 1. The fraction of sp³-hybridized carbons (Fsp3) is 0.312. The maximum Gasteiger partial charge on any atom is 0.268 e. The van der Waals surface area contributed by atoms with Gasteiger partial charge in [0.25, 0.3) is 5.91 Å². The lowest BCUT2D eigenvalue weighted by Crippen LogP contribution is -2.29. The van der Waals surface area contributed by atoms with Gasteiger partial charge in [-0.15, -0.1) is 0 Å². The molecule has 0 aliphatic carbocycles. The highest BCUT2D eigenvalue weighted by atomic mass is 19.1. The van der Waals surface area contributed by atoms with Crippen molar-refractivity contribution in [2.24, 2.45) is 10.9 Å². The van der Waals surface area contributed by atoms with E-state index < -0.39 is 17.8 Å². The van der Waals surface area contributed by atoms with Crippen LogP contribution in [0.25, 0.3) is 0 Å². The van der Waals surface area contributed by atoms with E-state index in [0.717, 1.165) is 5.56 Å². The van der Waals surface area contributed by atoms with E-state index in [1.54, 1.807) is 36.3 Å². The molecule has 0 fully saturated rings. The first-order chi connectivity index (χ1) is 11.4. The maximum absolute atomic E-state index is 13.7. The lowest BCUT2D eigenvalue weighted by Gasteiger charge is -2.14. The summed E-state index contributed by atoms with van der Waals surface area (Å²) in [7, 11) is 0. The lowest BCUT2D eigenvalue weighted by molar-refractivity contribution is -0.126. The Morgan fingerprint density at radius 2 is 2.21 bits per heavy atom. The SMILES string of the molecule is Cc1ccc(NC(=O)[C@H](C)O/N=C(\N)[C@H](C)n2ccnc2)c(F)c1. The van der Waals surface area contributed by atoms with Crippen LogP contribution in [0.15, 0.2) is 42.1 Å². The molecule has 1 amide bonds. The van der Waals surface area contributed by atoms with Crippen LogP contribution in [-0.2, 0) is 9.63 Å². The standard InChI is InChI=1S/C16H20FN5O2/c1-10-4-5-14(13(17)8-10)20-16(23)12(3)24-21-15(18)11(2)22-7-6-19-9-22/h4-9,11-12H,1-3H3,(H2,18,21)(H,20,23)/t11-,12-/m0/s1. The highest BCUT2D eigenvalue weighted by Crippen LogP contribution is 2.16. The summed E-state index contributed by atoms with van der Waals surface area (Å²) in [6, 6.07) is 4.27. The van der Waals surface area contributed by atoms with Crippen molar-refractivity contribution in [3.8, 4) is 0 Å². The summed E-state index contributed by atoms with van der Waals surface area (Å²) in [4.78, 5) is 21.1. The van der Waals surface area contributed by atoms with Gasteiger partial charge in [-0.2, -0.15) is 0 Å². The highest BCUT2D eigenvalue weighted by Gasteiger charge is 2.17. The minimum Gasteiger partial charge on any atom is -0.383 e. The first-order valence-corrected chi connectivity index (χ1v) is 7.42. The van der Waals surface area contributed by atoms with E-state index in [2.05, 4.69) is 15.5 Å². The first-order valence-electron chi connectivity index (χ1n) is 7.42. The number of rotatable bonds is 6. The Hall–Kier alpha value is -2.90. The number of oxime groups is 1. The number of carbonyl (C=O) groups excluding carboxylic acids is 1. The number of aryl methyl sites for hydroxylation is 1. The second-order valence-electron chi connectivity index (χ2n) is 5.42. The van der Waals surface area contributed by atoms with Crippen molar-refractivity contribution >= 4 is 17.4 Å². The summed E-state index contributed by atoms with van der Waals surface area (Å²) in [5.41, 5.74) is 6.69. The average Bonchev–Trinajstić information content (AvgIpc) is 3.08. The van der Waals surface area contributed by atoms with Crippen molar-refractivity contribution in [2.45, 2.75) is 32.9 Å². The second-order valence-corrected chi connectivity index (χ2v) is 5.42. The molecular weight excluding hydrogens is 313 g/mol. The summed E-state index contributed by atoms with van der Waals surface area (Å²) in [5, 5.41) is 6.22. The van der Waals surface area contributed by atoms with Crippen molar-refractivity contribution in [1.29, 1.82) is 0 Å². The van der Waals surface area contributed by atoms with Gasteiger partial charge >= 0.3 is 0 Å². The molecule has 7 nitrogen and oxygen atoms in total. The van der Waals surface area contributed by atoms with E-state index >= 15 is 0 Å². The molecule has 0 aliphatic heterocycles. The number of nitrogens with zero attached hydrogens (tertiary/aromatic N) is 3. The van der Waals surface area contributed by atoms with E-state index in [-0.39, 0.29) is 17.6 Å². The third kappa shape index (κ3) is 4.31. The molecular formula is C16H20FN5O2. The van der Waals surface area contributed by atoms with Gasteiger partial charge in [-0.1, -0.05) is 11.2 Å². The monoisotopic (exact) mass is 333 g/mol. The molecule has 3 N–H and O–H groups in total. The Morgan fingerprint density at radius 1 is 1.46 bits per heavy atom. The predicted molar refractivity (Wildman–Crippen MR) is 88.9 cm³/mol. The number of hydrogen-bond acceptors (Lipinski definition) is 4. The molecule has 0 unspecified atom stereocenters. The van der Waals surface area contributed by atoms with Crippen molar-refractivity contribution in [2.75, 3.05) is 5.32 Å². The third-order valence-corrected chi connectivity index (χ3v) is 3.47. The molecule has 8 heteroatoms. The molecule has 1 aromatic carbocycles. The van der Waals surface area contributed by atoms with Crippen molar-refractivity contribution < 1.29 is 14.0 Å². The number of anilines is 1. The Labute approximate surface area is 139 Å². The smallest absolute Gasteiger partial charge is 0.268 e. The van der Waals surface area contributed by atoms with Crippen LogP contribution >= 0.6 is 0 Å². The van der Waals surface area contributed by atoms with E-state index in [1.807, 2.05) is 6.92 Å². The maximum atomic E-state index is 13.7. The zero-order valence-corrected chi connectivity index (χ0v) is 13.7. The number of carbonyl (C=O) groups is 1. The minimum atomic E-state index is -0.931. The molecule has 1 aromatic heterocycles. The van der Waals surface area contributed by atoms with Crippen LogP contribution in [0.5, 0.6) is 0 Å². The fourth-order valence-corrected chi connectivity index (χ4v) is 1.87. The number of amides is 1. The number of hydrogen-bond donors (Lipinski definition) is 2. The number of amidine groups is 1. The molecule has 128 valence electrons. The van der Waals surface area contributed by atoms with E-state index in [4.69, 9.17) is 10.6 Å². The Kier molecular flexibility index (Phi) is 5.51. The molecule has 24 heavy (non-hydrogen) atoms. The summed E-state index contributed by atoms with van der Waals surface area (Å²) in [5.74, 6) is -0.842. The van der Waals surface area contributed by atoms with Crippen LogP contribution in [0.2, 0.25) is 0 Å². The Bertz CT molecular complexity index is 730. The Morgan fingerprint density at radius 3 is 2.83 bits per heavy atom. The molecule has 0 saturated heterocycles. The zero-order valence-electron chi connectivity index (χ0n) is 13.7. The van der Waals surface area contributed by atoms with Crippen LogP contribution in [0.3, 0.4) is 0 Å². The van der Waals surface area contributed by atoms with Gasteiger partial charge in [0, 0.05) is 12.4 Å². The summed E-state index contributed by atoms with van der Waals surface area (Å²) < 4.78 is 15.5. The van der Waals surface area contributed by atoms with Crippen molar-refractivity contribution in [1.82, 2.24) is 9.55 Å². The quantitative estimate of drug-likeness (QED) is 0.481. The molecule has 2 atom stereocenters. The van der Waals surface area contributed by atoms with Gasteiger partial charge in [0.2, 0.25) is 6.10 Å². The van der Waals surface area contributed by atoms with E-state index in [0.29, 0.717) is 0 Å². The molecule has 0 radical (unpaired) electrons. The van der Waals surface area contributed by atoms with Gasteiger partial charge in [-0.05, 0) is 38.5 Å². The minimum absolute atomic E-state index is 0.0878. The van der Waals surface area contributed by atoms with Gasteiger partial charge in [-0.25, -0.2) is 9.37 Å². The van der Waals surface area contributed by atoms with Gasteiger partial charge < -0.3 is 20.5 Å². The summed E-state index contributed by atoms with van der Waals surface area (Å²) in [6.07, 6.45) is 4.03. The normalized spacial score (nSPS) is 14.1. The third-order valence-electron chi connectivity index (χ3n) is 3.47. The van der Waals surface area contributed by atoms with Crippen molar-refractivity contribution in [3.63, 3.8) is 0 Å². The average molecular weight is 333 g/mol. The molecule has 2 rings (SSSR count). The number of aromatic nitrogens is 2. The van der Waals surface area contributed by atoms with Crippen LogP contribution in [0, 0.1) is 12.7 Å². The second kappa shape index (κ2) is 7.58.